The van der Waals surface area contributed by atoms with Gasteiger partial charge in [0.15, 0.2) is 0 Å². The molecule has 1 heterocycles. The first kappa shape index (κ1) is 16.2. The third kappa shape index (κ3) is 6.42. The molecule has 1 aromatic carbocycles. The second kappa shape index (κ2) is 7.74. The van der Waals surface area contributed by atoms with Crippen molar-refractivity contribution in [3.8, 4) is 0 Å². The van der Waals surface area contributed by atoms with Crippen molar-refractivity contribution in [3.63, 3.8) is 0 Å². The van der Waals surface area contributed by atoms with E-state index in [0.717, 1.165) is 19.6 Å². The van der Waals surface area contributed by atoms with Crippen LogP contribution in [0.3, 0.4) is 0 Å². The molecule has 1 aromatic heterocycles. The summed E-state index contributed by atoms with van der Waals surface area (Å²) in [7, 11) is 0. The predicted molar refractivity (Wildman–Crippen MR) is 90.7 cm³/mol. The first-order valence-corrected chi connectivity index (χ1v) is 8.34. The number of ether oxygens (including phenoxy) is 1. The fourth-order valence-corrected chi connectivity index (χ4v) is 2.70. The summed E-state index contributed by atoms with van der Waals surface area (Å²) in [5.74, 6) is 0. The van der Waals surface area contributed by atoms with Crippen molar-refractivity contribution in [3.05, 3.63) is 57.8 Å². The standard InChI is InChI=1S/C18H25NOS/c1-18(2,3)19-13-15-6-4-7-16(12-15)14-20-10-9-17-8-5-11-21-17/h4-8,11-12,19H,9-10,13-14H2,1-3H3. The molecule has 3 heteroatoms. The minimum Gasteiger partial charge on any atom is -0.376 e. The van der Waals surface area contributed by atoms with Gasteiger partial charge in [-0.05, 0) is 43.3 Å². The Labute approximate surface area is 132 Å². The Bertz CT molecular complexity index is 528. The molecule has 0 aliphatic rings. The molecule has 2 aromatic rings. The Morgan fingerprint density at radius 3 is 2.62 bits per heavy atom. The number of hydrogen-bond donors (Lipinski definition) is 1. The van der Waals surface area contributed by atoms with Gasteiger partial charge >= 0.3 is 0 Å². The zero-order valence-corrected chi connectivity index (χ0v) is 14.0. The summed E-state index contributed by atoms with van der Waals surface area (Å²) in [5, 5.41) is 5.62. The Hall–Kier alpha value is -1.16. The predicted octanol–water partition coefficient (Wildman–Crippen LogP) is 4.40. The van der Waals surface area contributed by atoms with Gasteiger partial charge < -0.3 is 10.1 Å². The molecule has 0 fully saturated rings. The number of hydrogen-bond acceptors (Lipinski definition) is 3. The molecule has 0 saturated carbocycles. The Morgan fingerprint density at radius 2 is 1.90 bits per heavy atom. The quantitative estimate of drug-likeness (QED) is 0.766. The maximum absolute atomic E-state index is 5.78. The van der Waals surface area contributed by atoms with Crippen LogP contribution in [0.1, 0.15) is 36.8 Å². The molecule has 0 amide bonds. The van der Waals surface area contributed by atoms with Gasteiger partial charge in [-0.15, -0.1) is 11.3 Å². The van der Waals surface area contributed by atoms with E-state index in [1.54, 1.807) is 11.3 Å². The molecular weight excluding hydrogens is 278 g/mol. The lowest BCUT2D eigenvalue weighted by Gasteiger charge is -2.20. The van der Waals surface area contributed by atoms with Crippen molar-refractivity contribution in [2.75, 3.05) is 6.61 Å². The van der Waals surface area contributed by atoms with Crippen LogP contribution in [0.25, 0.3) is 0 Å². The van der Waals surface area contributed by atoms with Crippen LogP contribution in [0.5, 0.6) is 0 Å². The maximum Gasteiger partial charge on any atom is 0.0717 e. The summed E-state index contributed by atoms with van der Waals surface area (Å²) in [6.45, 7) is 8.92. The van der Waals surface area contributed by atoms with Crippen molar-refractivity contribution in [1.82, 2.24) is 5.32 Å². The summed E-state index contributed by atoms with van der Waals surface area (Å²) in [5.41, 5.74) is 2.70. The summed E-state index contributed by atoms with van der Waals surface area (Å²) in [6.07, 6.45) is 1.00. The van der Waals surface area contributed by atoms with Gasteiger partial charge in [-0.2, -0.15) is 0 Å². The summed E-state index contributed by atoms with van der Waals surface area (Å²) in [6, 6.07) is 12.9. The van der Waals surface area contributed by atoms with Gasteiger partial charge in [0.2, 0.25) is 0 Å². The van der Waals surface area contributed by atoms with Crippen LogP contribution in [0, 0.1) is 0 Å². The van der Waals surface area contributed by atoms with E-state index in [-0.39, 0.29) is 5.54 Å². The van der Waals surface area contributed by atoms with Gasteiger partial charge in [-0.3, -0.25) is 0 Å². The first-order chi connectivity index (χ1) is 10.0. The first-order valence-electron chi connectivity index (χ1n) is 7.46. The molecule has 2 rings (SSSR count). The average Bonchev–Trinajstić information content (AvgIpc) is 2.94. The van der Waals surface area contributed by atoms with Gasteiger partial charge in [0, 0.05) is 23.4 Å². The molecule has 114 valence electrons. The molecule has 0 atom stereocenters. The minimum atomic E-state index is 0.146. The monoisotopic (exact) mass is 303 g/mol. The van der Waals surface area contributed by atoms with Gasteiger partial charge in [-0.1, -0.05) is 30.3 Å². The van der Waals surface area contributed by atoms with E-state index >= 15 is 0 Å². The smallest absolute Gasteiger partial charge is 0.0717 e. The molecule has 21 heavy (non-hydrogen) atoms. The lowest BCUT2D eigenvalue weighted by molar-refractivity contribution is 0.124. The third-order valence-corrected chi connectivity index (χ3v) is 4.09. The highest BCUT2D eigenvalue weighted by molar-refractivity contribution is 7.09. The number of nitrogens with one attached hydrogen (secondary N) is 1. The molecule has 2 nitrogen and oxygen atoms in total. The molecule has 1 N–H and O–H groups in total. The van der Waals surface area contributed by atoms with Crippen LogP contribution in [0.2, 0.25) is 0 Å². The third-order valence-electron chi connectivity index (χ3n) is 3.16. The SMILES string of the molecule is CC(C)(C)NCc1cccc(COCCc2cccs2)c1. The fraction of sp³-hybridized carbons (Fsp3) is 0.444. The second-order valence-corrected chi connectivity index (χ2v) is 7.34. The number of thiophene rings is 1. The highest BCUT2D eigenvalue weighted by Crippen LogP contribution is 2.11. The summed E-state index contributed by atoms with van der Waals surface area (Å²) >= 11 is 1.79. The molecule has 0 unspecified atom stereocenters. The van der Waals surface area contributed by atoms with Crippen LogP contribution < -0.4 is 5.32 Å². The summed E-state index contributed by atoms with van der Waals surface area (Å²) < 4.78 is 5.78. The van der Waals surface area contributed by atoms with Crippen molar-refractivity contribution < 1.29 is 4.74 Å². The number of rotatable bonds is 7. The van der Waals surface area contributed by atoms with E-state index in [4.69, 9.17) is 4.74 Å². The molecule has 0 spiro atoms. The topological polar surface area (TPSA) is 21.3 Å². The van der Waals surface area contributed by atoms with E-state index in [2.05, 4.69) is 67.9 Å². The van der Waals surface area contributed by atoms with Gasteiger partial charge in [0.05, 0.1) is 13.2 Å². The Balaban J connectivity index is 1.75. The lowest BCUT2D eigenvalue weighted by atomic mass is 10.1. The second-order valence-electron chi connectivity index (χ2n) is 6.31. The van der Waals surface area contributed by atoms with Crippen LogP contribution in [0.15, 0.2) is 41.8 Å². The lowest BCUT2D eigenvalue weighted by Crippen LogP contribution is -2.35. The fourth-order valence-electron chi connectivity index (χ4n) is 2.01. The van der Waals surface area contributed by atoms with Gasteiger partial charge in [-0.25, -0.2) is 0 Å². The van der Waals surface area contributed by atoms with Gasteiger partial charge in [0.1, 0.15) is 0 Å². The Morgan fingerprint density at radius 1 is 1.10 bits per heavy atom. The molecule has 0 radical (unpaired) electrons. The zero-order valence-electron chi connectivity index (χ0n) is 13.2. The van der Waals surface area contributed by atoms with Crippen molar-refractivity contribution >= 4 is 11.3 Å². The van der Waals surface area contributed by atoms with Crippen LogP contribution >= 0.6 is 11.3 Å². The van der Waals surface area contributed by atoms with Crippen molar-refractivity contribution in [2.24, 2.45) is 0 Å². The maximum atomic E-state index is 5.78. The van der Waals surface area contributed by atoms with E-state index in [1.165, 1.54) is 16.0 Å². The normalized spacial score (nSPS) is 11.8. The zero-order chi connectivity index (χ0) is 15.1. The largest absolute Gasteiger partial charge is 0.376 e. The van der Waals surface area contributed by atoms with E-state index < -0.39 is 0 Å². The van der Waals surface area contributed by atoms with Gasteiger partial charge in [0.25, 0.3) is 0 Å². The highest BCUT2D eigenvalue weighted by Gasteiger charge is 2.08. The number of benzene rings is 1. The van der Waals surface area contributed by atoms with Crippen molar-refractivity contribution in [1.29, 1.82) is 0 Å². The average molecular weight is 303 g/mol. The highest BCUT2D eigenvalue weighted by atomic mass is 32.1. The molecule has 0 saturated heterocycles. The molecular formula is C18H25NOS. The van der Waals surface area contributed by atoms with Crippen LogP contribution in [0.4, 0.5) is 0 Å². The van der Waals surface area contributed by atoms with E-state index in [0.29, 0.717) is 6.61 Å². The molecule has 0 aliphatic carbocycles. The molecule has 0 bridgehead atoms. The van der Waals surface area contributed by atoms with Crippen LogP contribution in [-0.2, 0) is 24.3 Å². The van der Waals surface area contributed by atoms with Crippen molar-refractivity contribution in [2.45, 2.75) is 45.9 Å². The Kier molecular flexibility index (Phi) is 5.97. The molecule has 0 aliphatic heterocycles. The van der Waals surface area contributed by atoms with E-state index in [1.807, 2.05) is 0 Å². The minimum absolute atomic E-state index is 0.146. The van der Waals surface area contributed by atoms with E-state index in [9.17, 15) is 0 Å². The summed E-state index contributed by atoms with van der Waals surface area (Å²) in [4.78, 5) is 1.39. The van der Waals surface area contributed by atoms with Crippen LogP contribution in [-0.4, -0.2) is 12.1 Å².